The van der Waals surface area contributed by atoms with Crippen LogP contribution in [0, 0.1) is 5.82 Å². The summed E-state index contributed by atoms with van der Waals surface area (Å²) in [7, 11) is 2.06. The van der Waals surface area contributed by atoms with Crippen LogP contribution < -0.4 is 10.6 Å². The number of carbonyl (C=O) groups excluding carboxylic acids is 1. The zero-order valence-corrected chi connectivity index (χ0v) is 14.9. The smallest absolute Gasteiger partial charge is 0.305 e. The fourth-order valence-corrected chi connectivity index (χ4v) is 3.03. The van der Waals surface area contributed by atoms with Gasteiger partial charge in [0, 0.05) is 25.4 Å². The van der Waals surface area contributed by atoms with E-state index in [-0.39, 0.29) is 11.8 Å². The predicted molar refractivity (Wildman–Crippen MR) is 98.9 cm³/mol. The lowest BCUT2D eigenvalue weighted by molar-refractivity contribution is 0.258. The predicted octanol–water partition coefficient (Wildman–Crippen LogP) is 2.36. The van der Waals surface area contributed by atoms with Gasteiger partial charge < -0.3 is 5.32 Å². The first kappa shape index (κ1) is 17.2. The molecule has 0 spiro atoms. The maximum absolute atomic E-state index is 13.0. The number of benzene rings is 1. The normalized spacial score (nSPS) is 14.0. The fourth-order valence-electron chi connectivity index (χ4n) is 3.03. The monoisotopic (exact) mass is 369 g/mol. The van der Waals surface area contributed by atoms with E-state index in [0.717, 1.165) is 30.9 Å². The fraction of sp³-hybridized carbons (Fsp3) is 0.278. The van der Waals surface area contributed by atoms with Gasteiger partial charge in [0.1, 0.15) is 5.82 Å². The van der Waals surface area contributed by atoms with Crippen molar-refractivity contribution < 1.29 is 9.18 Å². The highest BCUT2D eigenvalue weighted by molar-refractivity contribution is 5.98. The number of nitrogens with zero attached hydrogens (tertiary/aromatic N) is 5. The number of fused-ring (bicyclic) bond motifs is 1. The average Bonchev–Trinajstić information content (AvgIpc) is 3.22. The molecule has 0 saturated heterocycles. The minimum absolute atomic E-state index is 0.272. The maximum atomic E-state index is 13.0. The molecule has 1 aromatic carbocycles. The van der Waals surface area contributed by atoms with Gasteiger partial charge >= 0.3 is 6.03 Å². The third-order valence-corrected chi connectivity index (χ3v) is 4.38. The molecule has 2 amide bonds. The molecule has 140 valence electrons. The van der Waals surface area contributed by atoms with Crippen molar-refractivity contribution in [2.45, 2.75) is 19.6 Å². The van der Waals surface area contributed by atoms with Crippen molar-refractivity contribution in [3.05, 3.63) is 59.8 Å². The first-order valence-corrected chi connectivity index (χ1v) is 8.65. The molecule has 8 nitrogen and oxygen atoms in total. The number of rotatable bonds is 4. The second-order valence-electron chi connectivity index (χ2n) is 6.61. The minimum atomic E-state index is -0.375. The Kier molecular flexibility index (Phi) is 4.59. The molecule has 0 saturated carbocycles. The Morgan fingerprint density at radius 2 is 2.04 bits per heavy atom. The first-order valence-electron chi connectivity index (χ1n) is 8.65. The quantitative estimate of drug-likeness (QED) is 0.740. The Morgan fingerprint density at radius 3 is 2.85 bits per heavy atom. The number of halogens is 1. The van der Waals surface area contributed by atoms with Crippen LogP contribution in [0.3, 0.4) is 0 Å². The van der Waals surface area contributed by atoms with Crippen LogP contribution >= 0.6 is 0 Å². The number of likely N-dealkylation sites (N-methyl/N-ethyl adjacent to an activating group) is 1. The first-order chi connectivity index (χ1) is 13.0. The van der Waals surface area contributed by atoms with Crippen molar-refractivity contribution in [2.24, 2.45) is 0 Å². The zero-order valence-electron chi connectivity index (χ0n) is 14.9. The number of hydrogen-bond acceptors (Lipinski definition) is 4. The number of hydrogen-bond donors (Lipinski definition) is 2. The number of amides is 2. The maximum Gasteiger partial charge on any atom is 0.324 e. The van der Waals surface area contributed by atoms with E-state index in [1.54, 1.807) is 29.2 Å². The summed E-state index contributed by atoms with van der Waals surface area (Å²) in [5, 5.41) is 14.1. The molecule has 1 aliphatic rings. The van der Waals surface area contributed by atoms with Crippen molar-refractivity contribution in [3.63, 3.8) is 0 Å². The third-order valence-electron chi connectivity index (χ3n) is 4.38. The van der Waals surface area contributed by atoms with Gasteiger partial charge in [-0.25, -0.2) is 9.18 Å². The highest BCUT2D eigenvalue weighted by atomic mass is 19.1. The van der Waals surface area contributed by atoms with E-state index in [1.165, 1.54) is 12.1 Å². The number of nitrogens with one attached hydrogen (secondary N) is 2. The van der Waals surface area contributed by atoms with Crippen LogP contribution in [-0.4, -0.2) is 44.1 Å². The molecular weight excluding hydrogens is 349 g/mol. The van der Waals surface area contributed by atoms with Crippen LogP contribution in [0.4, 0.5) is 20.7 Å². The van der Waals surface area contributed by atoms with E-state index in [9.17, 15) is 9.18 Å². The molecule has 0 unspecified atom stereocenters. The summed E-state index contributed by atoms with van der Waals surface area (Å²) in [5.74, 6) is 0.252. The van der Waals surface area contributed by atoms with E-state index in [2.05, 4.69) is 32.8 Å². The van der Waals surface area contributed by atoms with E-state index in [1.807, 2.05) is 10.7 Å². The number of carbonyl (C=O) groups is 1. The molecule has 0 atom stereocenters. The molecule has 3 heterocycles. The Bertz CT molecular complexity index is 947. The number of anilines is 2. The molecule has 0 bridgehead atoms. The van der Waals surface area contributed by atoms with E-state index in [0.29, 0.717) is 18.1 Å². The third kappa shape index (κ3) is 4.14. The highest BCUT2D eigenvalue weighted by Crippen LogP contribution is 2.16. The Balaban J connectivity index is 1.35. The minimum Gasteiger partial charge on any atom is -0.305 e. The lowest BCUT2D eigenvalue weighted by Gasteiger charge is -2.22. The summed E-state index contributed by atoms with van der Waals surface area (Å²) >= 11 is 0. The van der Waals surface area contributed by atoms with E-state index in [4.69, 9.17) is 0 Å². The van der Waals surface area contributed by atoms with Crippen LogP contribution in [0.25, 0.3) is 0 Å². The summed E-state index contributed by atoms with van der Waals surface area (Å²) in [4.78, 5) is 14.4. The molecule has 0 aliphatic carbocycles. The molecule has 0 radical (unpaired) electrons. The molecule has 4 rings (SSSR count). The average molecular weight is 369 g/mol. The second kappa shape index (κ2) is 7.20. The van der Waals surface area contributed by atoms with Gasteiger partial charge in [0.2, 0.25) is 0 Å². The van der Waals surface area contributed by atoms with E-state index < -0.39 is 0 Å². The van der Waals surface area contributed by atoms with Gasteiger partial charge in [0.05, 0.1) is 30.7 Å². The molecule has 3 aromatic rings. The van der Waals surface area contributed by atoms with Crippen molar-refractivity contribution in [2.75, 3.05) is 24.2 Å². The lowest BCUT2D eigenvalue weighted by Crippen LogP contribution is -2.30. The highest BCUT2D eigenvalue weighted by Gasteiger charge is 2.16. The Labute approximate surface area is 155 Å². The van der Waals surface area contributed by atoms with Crippen LogP contribution in [0.5, 0.6) is 0 Å². The van der Waals surface area contributed by atoms with Gasteiger partial charge in [0.25, 0.3) is 0 Å². The van der Waals surface area contributed by atoms with Crippen molar-refractivity contribution in [3.8, 4) is 0 Å². The van der Waals surface area contributed by atoms with Crippen LogP contribution in [0.1, 0.15) is 11.3 Å². The molecule has 9 heteroatoms. The SMILES string of the molecule is CN1CCn2nc(NC(=O)Nc3cnn(Cc4ccc(F)cc4)c3)cc2C1. The Morgan fingerprint density at radius 1 is 1.22 bits per heavy atom. The second-order valence-corrected chi connectivity index (χ2v) is 6.61. The number of aromatic nitrogens is 4. The van der Waals surface area contributed by atoms with Crippen molar-refractivity contribution in [1.82, 2.24) is 24.5 Å². The summed E-state index contributed by atoms with van der Waals surface area (Å²) in [6.07, 6.45) is 3.28. The molecule has 1 aliphatic heterocycles. The molecule has 0 fully saturated rings. The molecule has 2 aromatic heterocycles. The van der Waals surface area contributed by atoms with Crippen LogP contribution in [0.15, 0.2) is 42.7 Å². The van der Waals surface area contributed by atoms with Gasteiger partial charge in [-0.3, -0.25) is 19.6 Å². The summed E-state index contributed by atoms with van der Waals surface area (Å²) in [6.45, 7) is 3.05. The molecule has 2 N–H and O–H groups in total. The van der Waals surface area contributed by atoms with Crippen LogP contribution in [0.2, 0.25) is 0 Å². The van der Waals surface area contributed by atoms with Gasteiger partial charge in [-0.1, -0.05) is 12.1 Å². The van der Waals surface area contributed by atoms with Gasteiger partial charge in [0.15, 0.2) is 5.82 Å². The molecule has 27 heavy (non-hydrogen) atoms. The van der Waals surface area contributed by atoms with E-state index >= 15 is 0 Å². The topological polar surface area (TPSA) is 80.0 Å². The Hall–Kier alpha value is -3.20. The summed E-state index contributed by atoms with van der Waals surface area (Å²) in [5.41, 5.74) is 2.56. The van der Waals surface area contributed by atoms with Crippen molar-refractivity contribution in [1.29, 1.82) is 0 Å². The zero-order chi connectivity index (χ0) is 18.8. The van der Waals surface area contributed by atoms with Gasteiger partial charge in [-0.15, -0.1) is 0 Å². The largest absolute Gasteiger partial charge is 0.324 e. The van der Waals surface area contributed by atoms with Crippen molar-refractivity contribution >= 4 is 17.5 Å². The molecular formula is C18H20FN7O. The standard InChI is InChI=1S/C18H20FN7O/c1-24-6-7-26-16(12-24)8-17(23-26)22-18(27)21-15-9-20-25(11-15)10-13-2-4-14(19)5-3-13/h2-5,8-9,11H,6-7,10,12H2,1H3,(H2,21,22,23,27). The lowest BCUT2D eigenvalue weighted by atomic mass is 10.2. The van der Waals surface area contributed by atoms with Crippen LogP contribution in [-0.2, 0) is 19.6 Å². The van der Waals surface area contributed by atoms with Gasteiger partial charge in [-0.05, 0) is 24.7 Å². The number of urea groups is 1. The summed E-state index contributed by atoms with van der Waals surface area (Å²) in [6, 6.07) is 7.73. The van der Waals surface area contributed by atoms with Gasteiger partial charge in [-0.2, -0.15) is 10.2 Å². The summed E-state index contributed by atoms with van der Waals surface area (Å²) < 4.78 is 16.5.